The quantitative estimate of drug-likeness (QED) is 0.285. The summed E-state index contributed by atoms with van der Waals surface area (Å²) in [5, 5.41) is 16.4. The molecule has 0 aromatic rings. The molecule has 2 aliphatic rings. The predicted molar refractivity (Wildman–Crippen MR) is 119 cm³/mol. The molecular formula is C22H45N5O. The summed E-state index contributed by atoms with van der Waals surface area (Å²) in [5.41, 5.74) is 0.218. The van der Waals surface area contributed by atoms with Crippen molar-refractivity contribution in [3.63, 3.8) is 0 Å². The molecule has 0 aromatic heterocycles. The van der Waals surface area contributed by atoms with Crippen LogP contribution < -0.4 is 10.6 Å². The highest BCUT2D eigenvalue weighted by atomic mass is 16.3. The van der Waals surface area contributed by atoms with Gasteiger partial charge < -0.3 is 25.5 Å². The highest BCUT2D eigenvalue weighted by Gasteiger charge is 2.31. The molecule has 0 unspecified atom stereocenters. The predicted octanol–water partition coefficient (Wildman–Crippen LogP) is 2.29. The van der Waals surface area contributed by atoms with Gasteiger partial charge in [0, 0.05) is 52.4 Å². The van der Waals surface area contributed by atoms with E-state index >= 15 is 0 Å². The van der Waals surface area contributed by atoms with Crippen LogP contribution in [0, 0.1) is 5.41 Å². The zero-order chi connectivity index (χ0) is 20.1. The van der Waals surface area contributed by atoms with Crippen molar-refractivity contribution in [3.05, 3.63) is 0 Å². The minimum absolute atomic E-state index is 0.218. The second kappa shape index (κ2) is 13.4. The molecule has 164 valence electrons. The molecule has 0 radical (unpaired) electrons. The van der Waals surface area contributed by atoms with Crippen LogP contribution in [0.2, 0.25) is 0 Å². The normalized spacial score (nSPS) is 21.6. The average molecular weight is 396 g/mol. The molecular weight excluding hydrogens is 350 g/mol. The second-order valence-electron chi connectivity index (χ2n) is 8.64. The van der Waals surface area contributed by atoms with Crippen molar-refractivity contribution in [1.29, 1.82) is 0 Å². The summed E-state index contributed by atoms with van der Waals surface area (Å²) < 4.78 is 0. The van der Waals surface area contributed by atoms with Crippen molar-refractivity contribution in [2.75, 3.05) is 65.5 Å². The highest BCUT2D eigenvalue weighted by Crippen LogP contribution is 2.39. The number of piperazine rings is 1. The first-order valence-electron chi connectivity index (χ1n) is 11.8. The van der Waals surface area contributed by atoms with Crippen LogP contribution >= 0.6 is 0 Å². The summed E-state index contributed by atoms with van der Waals surface area (Å²) in [5.74, 6) is 0.946. The first-order valence-corrected chi connectivity index (χ1v) is 11.8. The summed E-state index contributed by atoms with van der Waals surface area (Å²) in [4.78, 5) is 10.0. The summed E-state index contributed by atoms with van der Waals surface area (Å²) in [6, 6.07) is 0. The molecule has 28 heavy (non-hydrogen) atoms. The highest BCUT2D eigenvalue weighted by molar-refractivity contribution is 5.79. The van der Waals surface area contributed by atoms with Crippen LogP contribution in [0.1, 0.15) is 65.2 Å². The van der Waals surface area contributed by atoms with Gasteiger partial charge in [0.25, 0.3) is 0 Å². The lowest BCUT2D eigenvalue weighted by Gasteiger charge is -2.35. The molecule has 1 saturated heterocycles. The number of likely N-dealkylation sites (N-methyl/N-ethyl adjacent to an activating group) is 1. The van der Waals surface area contributed by atoms with E-state index in [1.807, 2.05) is 0 Å². The SMILES string of the molecule is CCNC(=NCC1(CCO)CCCCC1)NCCCCN1CCN(CC)CC1. The Morgan fingerprint density at radius 2 is 1.68 bits per heavy atom. The number of nitrogens with one attached hydrogen (secondary N) is 2. The van der Waals surface area contributed by atoms with Gasteiger partial charge in [0.2, 0.25) is 0 Å². The maximum Gasteiger partial charge on any atom is 0.191 e. The van der Waals surface area contributed by atoms with Crippen LogP contribution in [0.4, 0.5) is 0 Å². The summed E-state index contributed by atoms with van der Waals surface area (Å²) in [6.45, 7) is 14.7. The van der Waals surface area contributed by atoms with E-state index in [1.165, 1.54) is 84.2 Å². The molecule has 1 aliphatic heterocycles. The number of aliphatic hydroxyl groups is 1. The maximum absolute atomic E-state index is 9.50. The van der Waals surface area contributed by atoms with Gasteiger partial charge in [-0.05, 0) is 57.5 Å². The lowest BCUT2D eigenvalue weighted by atomic mass is 9.72. The molecule has 0 amide bonds. The van der Waals surface area contributed by atoms with Crippen LogP contribution in [0.5, 0.6) is 0 Å². The van der Waals surface area contributed by atoms with Gasteiger partial charge in [0.05, 0.1) is 0 Å². The van der Waals surface area contributed by atoms with Crippen molar-refractivity contribution in [2.45, 2.75) is 65.2 Å². The monoisotopic (exact) mass is 395 g/mol. The third kappa shape index (κ3) is 8.26. The van der Waals surface area contributed by atoms with Crippen LogP contribution in [0.3, 0.4) is 0 Å². The first kappa shape index (κ1) is 23.4. The number of hydrogen-bond donors (Lipinski definition) is 3. The standard InChI is InChI=1S/C22H45N5O/c1-3-23-21(25-20-22(12-19-28)10-6-5-7-11-22)24-13-8-9-14-27-17-15-26(4-2)16-18-27/h28H,3-20H2,1-2H3,(H2,23,24,25). The minimum atomic E-state index is 0.218. The third-order valence-corrected chi connectivity index (χ3v) is 6.58. The Morgan fingerprint density at radius 3 is 2.32 bits per heavy atom. The minimum Gasteiger partial charge on any atom is -0.396 e. The number of unbranched alkanes of at least 4 members (excludes halogenated alkanes) is 1. The average Bonchev–Trinajstić information content (AvgIpc) is 2.73. The molecule has 0 atom stereocenters. The van der Waals surface area contributed by atoms with Gasteiger partial charge in [-0.3, -0.25) is 4.99 Å². The molecule has 1 aliphatic carbocycles. The van der Waals surface area contributed by atoms with E-state index < -0.39 is 0 Å². The number of aliphatic hydroxyl groups excluding tert-OH is 1. The number of nitrogens with zero attached hydrogens (tertiary/aromatic N) is 3. The van der Waals surface area contributed by atoms with Gasteiger partial charge in [-0.1, -0.05) is 26.2 Å². The number of hydrogen-bond acceptors (Lipinski definition) is 4. The molecule has 0 spiro atoms. The van der Waals surface area contributed by atoms with Crippen LogP contribution in [0.25, 0.3) is 0 Å². The van der Waals surface area contributed by atoms with Crippen molar-refractivity contribution >= 4 is 5.96 Å². The summed E-state index contributed by atoms with van der Waals surface area (Å²) in [6.07, 6.45) is 9.64. The molecule has 6 heteroatoms. The summed E-state index contributed by atoms with van der Waals surface area (Å²) >= 11 is 0. The van der Waals surface area contributed by atoms with E-state index in [4.69, 9.17) is 4.99 Å². The lowest BCUT2D eigenvalue weighted by molar-refractivity contribution is 0.135. The van der Waals surface area contributed by atoms with E-state index in [-0.39, 0.29) is 12.0 Å². The molecule has 2 rings (SSSR count). The Balaban J connectivity index is 1.68. The largest absolute Gasteiger partial charge is 0.396 e. The number of aliphatic imine (C=N–C) groups is 1. The Morgan fingerprint density at radius 1 is 0.964 bits per heavy atom. The Hall–Kier alpha value is -0.850. The Kier molecular flexibility index (Phi) is 11.2. The molecule has 0 bridgehead atoms. The smallest absolute Gasteiger partial charge is 0.191 e. The number of guanidine groups is 1. The van der Waals surface area contributed by atoms with Gasteiger partial charge in [0.1, 0.15) is 0 Å². The Labute approximate surface area is 173 Å². The topological polar surface area (TPSA) is 63.1 Å². The van der Waals surface area contributed by atoms with E-state index in [1.54, 1.807) is 0 Å². The van der Waals surface area contributed by atoms with Crippen LogP contribution in [0.15, 0.2) is 4.99 Å². The van der Waals surface area contributed by atoms with Crippen molar-refractivity contribution in [3.8, 4) is 0 Å². The Bertz CT molecular complexity index is 423. The first-order chi connectivity index (χ1) is 13.7. The van der Waals surface area contributed by atoms with Gasteiger partial charge >= 0.3 is 0 Å². The van der Waals surface area contributed by atoms with Crippen LogP contribution in [-0.2, 0) is 0 Å². The van der Waals surface area contributed by atoms with Crippen molar-refractivity contribution in [1.82, 2.24) is 20.4 Å². The zero-order valence-electron chi connectivity index (χ0n) is 18.5. The van der Waals surface area contributed by atoms with Crippen molar-refractivity contribution in [2.24, 2.45) is 10.4 Å². The van der Waals surface area contributed by atoms with E-state index in [0.717, 1.165) is 32.0 Å². The van der Waals surface area contributed by atoms with E-state index in [9.17, 15) is 5.11 Å². The molecule has 1 heterocycles. The fraction of sp³-hybridized carbons (Fsp3) is 0.955. The molecule has 6 nitrogen and oxygen atoms in total. The molecule has 0 aromatic carbocycles. The van der Waals surface area contributed by atoms with Crippen LogP contribution in [-0.4, -0.2) is 86.4 Å². The third-order valence-electron chi connectivity index (χ3n) is 6.58. The maximum atomic E-state index is 9.50. The zero-order valence-corrected chi connectivity index (χ0v) is 18.5. The fourth-order valence-electron chi connectivity index (χ4n) is 4.61. The molecule has 2 fully saturated rings. The fourth-order valence-corrected chi connectivity index (χ4v) is 4.61. The van der Waals surface area contributed by atoms with Gasteiger partial charge in [-0.15, -0.1) is 0 Å². The molecule has 3 N–H and O–H groups in total. The van der Waals surface area contributed by atoms with Gasteiger partial charge in [-0.25, -0.2) is 0 Å². The van der Waals surface area contributed by atoms with Gasteiger partial charge in [0.15, 0.2) is 5.96 Å². The number of rotatable bonds is 11. The lowest BCUT2D eigenvalue weighted by Crippen LogP contribution is -2.46. The van der Waals surface area contributed by atoms with E-state index in [0.29, 0.717) is 0 Å². The van der Waals surface area contributed by atoms with Gasteiger partial charge in [-0.2, -0.15) is 0 Å². The summed E-state index contributed by atoms with van der Waals surface area (Å²) in [7, 11) is 0. The van der Waals surface area contributed by atoms with Crippen molar-refractivity contribution < 1.29 is 5.11 Å². The second-order valence-corrected chi connectivity index (χ2v) is 8.64. The van der Waals surface area contributed by atoms with E-state index in [2.05, 4.69) is 34.3 Å². The molecule has 1 saturated carbocycles.